The fourth-order valence-corrected chi connectivity index (χ4v) is 4.73. The van der Waals surface area contributed by atoms with Gasteiger partial charge in [-0.25, -0.2) is 0 Å². The summed E-state index contributed by atoms with van der Waals surface area (Å²) in [5.74, 6) is 0.451. The summed E-state index contributed by atoms with van der Waals surface area (Å²) in [7, 11) is 1.63. The molecule has 1 unspecified atom stereocenters. The van der Waals surface area contributed by atoms with Crippen molar-refractivity contribution in [1.82, 2.24) is 4.90 Å². The van der Waals surface area contributed by atoms with Crippen molar-refractivity contribution in [3.8, 4) is 17.2 Å². The number of carbonyl (C=O) groups is 1. The predicted octanol–water partition coefficient (Wildman–Crippen LogP) is 3.73. The Bertz CT molecular complexity index is 915. The zero-order valence-corrected chi connectivity index (χ0v) is 18.7. The molecule has 7 nitrogen and oxygen atoms in total. The molecule has 0 aliphatic carbocycles. The molecule has 0 radical (unpaired) electrons. The van der Waals surface area contributed by atoms with E-state index in [4.69, 9.17) is 18.9 Å². The molecule has 7 heteroatoms. The standard InChI is InChI=1S/C25H31NO6/c1-3-11-30-12-10-26-14-20(17-4-7-19(29-2)8-5-17)24(25(27)28)21(15-26)18-6-9-22-23(13-18)32-16-31-22/h4-9,13,20-21,24H,3,10-12,14-16H2,1-2H3,(H,27,28)/t20-,21?,24-/m1/s1. The lowest BCUT2D eigenvalue weighted by atomic mass is 9.71. The number of carboxylic acids is 1. The van der Waals surface area contributed by atoms with E-state index in [9.17, 15) is 9.90 Å². The van der Waals surface area contributed by atoms with Crippen LogP contribution in [-0.2, 0) is 9.53 Å². The molecule has 0 aromatic heterocycles. The molecule has 1 fully saturated rings. The fourth-order valence-electron chi connectivity index (χ4n) is 4.73. The second kappa shape index (κ2) is 10.2. The fraction of sp³-hybridized carbons (Fsp3) is 0.480. The first kappa shape index (κ1) is 22.4. The molecule has 172 valence electrons. The van der Waals surface area contributed by atoms with Crippen LogP contribution in [0.15, 0.2) is 42.5 Å². The van der Waals surface area contributed by atoms with Gasteiger partial charge in [-0.05, 0) is 41.8 Å². The molecule has 2 aliphatic rings. The Morgan fingerprint density at radius 1 is 1.03 bits per heavy atom. The van der Waals surface area contributed by atoms with Gasteiger partial charge in [-0.2, -0.15) is 0 Å². The number of hydrogen-bond donors (Lipinski definition) is 1. The molecule has 32 heavy (non-hydrogen) atoms. The third-order valence-corrected chi connectivity index (χ3v) is 6.33. The Morgan fingerprint density at radius 3 is 2.41 bits per heavy atom. The van der Waals surface area contributed by atoms with Gasteiger partial charge in [0.25, 0.3) is 0 Å². The third-order valence-electron chi connectivity index (χ3n) is 6.33. The van der Waals surface area contributed by atoms with Gasteiger partial charge in [0.15, 0.2) is 11.5 Å². The topological polar surface area (TPSA) is 77.5 Å². The van der Waals surface area contributed by atoms with Crippen LogP contribution in [0, 0.1) is 5.92 Å². The number of likely N-dealkylation sites (tertiary alicyclic amines) is 1. The number of benzene rings is 2. The maximum atomic E-state index is 12.6. The van der Waals surface area contributed by atoms with Gasteiger partial charge < -0.3 is 24.1 Å². The quantitative estimate of drug-likeness (QED) is 0.594. The smallest absolute Gasteiger partial charge is 0.307 e. The van der Waals surface area contributed by atoms with Crippen molar-refractivity contribution in [2.45, 2.75) is 25.2 Å². The molecule has 1 saturated heterocycles. The summed E-state index contributed by atoms with van der Waals surface area (Å²) in [5, 5.41) is 10.3. The normalized spacial score (nSPS) is 22.6. The van der Waals surface area contributed by atoms with Gasteiger partial charge in [-0.1, -0.05) is 25.1 Å². The summed E-state index contributed by atoms with van der Waals surface area (Å²) in [5.41, 5.74) is 1.96. The third kappa shape index (κ3) is 4.84. The van der Waals surface area contributed by atoms with E-state index >= 15 is 0 Å². The monoisotopic (exact) mass is 441 g/mol. The van der Waals surface area contributed by atoms with E-state index in [-0.39, 0.29) is 18.6 Å². The first-order valence-corrected chi connectivity index (χ1v) is 11.2. The lowest BCUT2D eigenvalue weighted by Crippen LogP contribution is -2.47. The Kier molecular flexibility index (Phi) is 7.17. The maximum Gasteiger partial charge on any atom is 0.307 e. The first-order valence-electron chi connectivity index (χ1n) is 11.2. The number of methoxy groups -OCH3 is 1. The van der Waals surface area contributed by atoms with Crippen molar-refractivity contribution in [3.05, 3.63) is 53.6 Å². The highest BCUT2D eigenvalue weighted by atomic mass is 16.7. The Balaban J connectivity index is 1.65. The number of nitrogens with zero attached hydrogens (tertiary/aromatic N) is 1. The van der Waals surface area contributed by atoms with Gasteiger partial charge >= 0.3 is 5.97 Å². The zero-order valence-electron chi connectivity index (χ0n) is 18.7. The van der Waals surface area contributed by atoms with Crippen LogP contribution in [-0.4, -0.2) is 62.7 Å². The van der Waals surface area contributed by atoms with Gasteiger partial charge in [0.2, 0.25) is 6.79 Å². The number of piperidine rings is 1. The van der Waals surface area contributed by atoms with E-state index in [2.05, 4.69) is 11.8 Å². The molecule has 2 aliphatic heterocycles. The van der Waals surface area contributed by atoms with E-state index in [0.717, 1.165) is 36.4 Å². The second-order valence-corrected chi connectivity index (χ2v) is 8.33. The molecule has 4 rings (SSSR count). The van der Waals surface area contributed by atoms with Gasteiger partial charge in [0.05, 0.1) is 19.6 Å². The SMILES string of the molecule is CCCOCCN1CC(c2ccc3c(c2)OCO3)[C@H](C(=O)O)[C@@H](c2ccc(OC)cc2)C1. The lowest BCUT2D eigenvalue weighted by molar-refractivity contribution is -0.145. The van der Waals surface area contributed by atoms with Crippen LogP contribution in [0.3, 0.4) is 0 Å². The Hall–Kier alpha value is -2.77. The van der Waals surface area contributed by atoms with E-state index in [1.807, 2.05) is 42.5 Å². The minimum atomic E-state index is -0.782. The molecule has 0 saturated carbocycles. The van der Waals surface area contributed by atoms with Gasteiger partial charge in [-0.15, -0.1) is 0 Å². The molecule has 1 N–H and O–H groups in total. The Labute approximate surface area is 188 Å². The highest BCUT2D eigenvalue weighted by molar-refractivity contribution is 5.73. The van der Waals surface area contributed by atoms with E-state index in [0.29, 0.717) is 31.2 Å². The van der Waals surface area contributed by atoms with Crippen molar-refractivity contribution < 1.29 is 28.8 Å². The van der Waals surface area contributed by atoms with Crippen LogP contribution in [0.4, 0.5) is 0 Å². The summed E-state index contributed by atoms with van der Waals surface area (Å²) in [6.45, 7) is 5.74. The van der Waals surface area contributed by atoms with E-state index < -0.39 is 11.9 Å². The van der Waals surface area contributed by atoms with E-state index in [1.54, 1.807) is 7.11 Å². The number of carboxylic acid groups (broad SMARTS) is 1. The zero-order chi connectivity index (χ0) is 22.5. The molecular formula is C25H31NO6. The summed E-state index contributed by atoms with van der Waals surface area (Å²) in [6.07, 6.45) is 0.982. The summed E-state index contributed by atoms with van der Waals surface area (Å²) < 4.78 is 22.0. The molecule has 2 heterocycles. The Morgan fingerprint density at radius 2 is 1.72 bits per heavy atom. The van der Waals surface area contributed by atoms with Crippen molar-refractivity contribution in [2.75, 3.05) is 46.8 Å². The minimum absolute atomic E-state index is 0.159. The number of aliphatic carboxylic acids is 1. The van der Waals surface area contributed by atoms with Crippen LogP contribution >= 0.6 is 0 Å². The summed E-state index contributed by atoms with van der Waals surface area (Å²) in [6, 6.07) is 13.5. The molecule has 0 bridgehead atoms. The largest absolute Gasteiger partial charge is 0.497 e. The van der Waals surface area contributed by atoms with Gasteiger partial charge in [-0.3, -0.25) is 9.69 Å². The molecule has 0 amide bonds. The first-order chi connectivity index (χ1) is 15.6. The molecule has 2 aromatic carbocycles. The maximum absolute atomic E-state index is 12.6. The van der Waals surface area contributed by atoms with Crippen molar-refractivity contribution in [3.63, 3.8) is 0 Å². The summed E-state index contributed by atoms with van der Waals surface area (Å²) >= 11 is 0. The van der Waals surface area contributed by atoms with Crippen LogP contribution in [0.1, 0.15) is 36.3 Å². The van der Waals surface area contributed by atoms with Crippen molar-refractivity contribution >= 4 is 5.97 Å². The number of rotatable bonds is 9. The lowest BCUT2D eigenvalue weighted by Gasteiger charge is -2.42. The van der Waals surface area contributed by atoms with Crippen LogP contribution in [0.25, 0.3) is 0 Å². The van der Waals surface area contributed by atoms with E-state index in [1.165, 1.54) is 0 Å². The second-order valence-electron chi connectivity index (χ2n) is 8.33. The molecule has 0 spiro atoms. The number of fused-ring (bicyclic) bond motifs is 1. The van der Waals surface area contributed by atoms with Crippen LogP contribution in [0.5, 0.6) is 17.2 Å². The molecular weight excluding hydrogens is 410 g/mol. The van der Waals surface area contributed by atoms with Gasteiger partial charge in [0.1, 0.15) is 5.75 Å². The number of hydrogen-bond acceptors (Lipinski definition) is 6. The van der Waals surface area contributed by atoms with Crippen molar-refractivity contribution in [1.29, 1.82) is 0 Å². The molecule has 3 atom stereocenters. The average molecular weight is 442 g/mol. The summed E-state index contributed by atoms with van der Waals surface area (Å²) in [4.78, 5) is 14.9. The van der Waals surface area contributed by atoms with Crippen LogP contribution < -0.4 is 14.2 Å². The van der Waals surface area contributed by atoms with Crippen molar-refractivity contribution in [2.24, 2.45) is 5.92 Å². The average Bonchev–Trinajstić information content (AvgIpc) is 3.29. The highest BCUT2D eigenvalue weighted by Crippen LogP contribution is 2.44. The number of ether oxygens (including phenoxy) is 4. The van der Waals surface area contributed by atoms with Gasteiger partial charge in [0, 0.05) is 38.1 Å². The predicted molar refractivity (Wildman–Crippen MR) is 120 cm³/mol. The molecule has 2 aromatic rings. The van der Waals surface area contributed by atoms with Crippen LogP contribution in [0.2, 0.25) is 0 Å². The minimum Gasteiger partial charge on any atom is -0.497 e. The highest BCUT2D eigenvalue weighted by Gasteiger charge is 2.43.